The number of rotatable bonds is 3. The van der Waals surface area contributed by atoms with Crippen molar-refractivity contribution in [1.29, 1.82) is 0 Å². The van der Waals surface area contributed by atoms with Gasteiger partial charge in [-0.25, -0.2) is 0 Å². The number of aromatic nitrogens is 4. The molecule has 0 radical (unpaired) electrons. The van der Waals surface area contributed by atoms with Gasteiger partial charge in [-0.05, 0) is 17.3 Å². The zero-order valence-corrected chi connectivity index (χ0v) is 6.87. The van der Waals surface area contributed by atoms with Crippen LogP contribution in [0.4, 0.5) is 0 Å². The van der Waals surface area contributed by atoms with E-state index in [0.717, 1.165) is 5.75 Å². The van der Waals surface area contributed by atoms with Crippen LogP contribution in [-0.4, -0.2) is 20.2 Å². The largest absolute Gasteiger partial charge is 0.470 e. The average Bonchev–Trinajstić information content (AvgIpc) is 2.69. The highest BCUT2D eigenvalue weighted by molar-refractivity contribution is 5.20. The number of benzene rings is 1. The van der Waals surface area contributed by atoms with Crippen molar-refractivity contribution < 1.29 is 4.74 Å². The van der Waals surface area contributed by atoms with Gasteiger partial charge in [-0.2, -0.15) is 0 Å². The molecule has 0 aliphatic carbocycles. The third-order valence-corrected chi connectivity index (χ3v) is 1.48. The lowest BCUT2D eigenvalue weighted by Gasteiger charge is -2.02. The van der Waals surface area contributed by atoms with Crippen molar-refractivity contribution in [2.45, 2.75) is 6.73 Å². The molecule has 2 rings (SSSR count). The van der Waals surface area contributed by atoms with E-state index in [-0.39, 0.29) is 6.73 Å². The van der Waals surface area contributed by atoms with Gasteiger partial charge in [0.2, 0.25) is 6.73 Å². The zero-order valence-electron chi connectivity index (χ0n) is 6.87. The molecule has 0 amide bonds. The van der Waals surface area contributed by atoms with E-state index >= 15 is 0 Å². The SMILES string of the molecule is c1ccc(OCn2ncnn2)cc1. The molecule has 0 saturated heterocycles. The summed E-state index contributed by atoms with van der Waals surface area (Å²) in [6.45, 7) is 0.282. The smallest absolute Gasteiger partial charge is 0.200 e. The first-order valence-corrected chi connectivity index (χ1v) is 3.84. The number of tetrazole rings is 1. The minimum Gasteiger partial charge on any atom is -0.470 e. The molecule has 66 valence electrons. The van der Waals surface area contributed by atoms with E-state index in [0.29, 0.717) is 0 Å². The molecule has 5 nitrogen and oxygen atoms in total. The maximum atomic E-state index is 5.35. The van der Waals surface area contributed by atoms with Crippen LogP contribution in [0.5, 0.6) is 5.75 Å². The first-order chi connectivity index (χ1) is 6.45. The summed E-state index contributed by atoms with van der Waals surface area (Å²) in [6, 6.07) is 9.49. The molecule has 0 aliphatic heterocycles. The van der Waals surface area contributed by atoms with Crippen molar-refractivity contribution in [3.63, 3.8) is 0 Å². The molecule has 2 aromatic rings. The van der Waals surface area contributed by atoms with Crippen molar-refractivity contribution in [2.24, 2.45) is 0 Å². The van der Waals surface area contributed by atoms with E-state index in [1.807, 2.05) is 30.3 Å². The summed E-state index contributed by atoms with van der Waals surface area (Å²) >= 11 is 0. The van der Waals surface area contributed by atoms with Gasteiger partial charge in [-0.3, -0.25) is 0 Å². The summed E-state index contributed by atoms with van der Waals surface area (Å²) in [7, 11) is 0. The number of hydrogen-bond donors (Lipinski definition) is 0. The van der Waals surface area contributed by atoms with Gasteiger partial charge in [-0.1, -0.05) is 18.2 Å². The normalized spacial score (nSPS) is 9.85. The zero-order chi connectivity index (χ0) is 8.93. The van der Waals surface area contributed by atoms with E-state index in [9.17, 15) is 0 Å². The molecule has 0 aliphatic rings. The van der Waals surface area contributed by atoms with Gasteiger partial charge in [0.05, 0.1) is 0 Å². The molecule has 0 atom stereocenters. The van der Waals surface area contributed by atoms with Crippen LogP contribution in [0, 0.1) is 0 Å². The highest BCUT2D eigenvalue weighted by atomic mass is 16.5. The van der Waals surface area contributed by atoms with E-state index in [1.165, 1.54) is 11.1 Å². The van der Waals surface area contributed by atoms with Crippen LogP contribution in [0.25, 0.3) is 0 Å². The third-order valence-electron chi connectivity index (χ3n) is 1.48. The standard InChI is InChI=1S/C8H8N4O/c1-2-4-8(5-3-1)13-7-12-10-6-9-11-12/h1-6H,7H2. The molecule has 0 unspecified atom stereocenters. The molecule has 13 heavy (non-hydrogen) atoms. The van der Waals surface area contributed by atoms with Crippen molar-refractivity contribution in [2.75, 3.05) is 0 Å². The summed E-state index contributed by atoms with van der Waals surface area (Å²) in [4.78, 5) is 1.37. The van der Waals surface area contributed by atoms with Gasteiger partial charge in [0.15, 0.2) is 6.33 Å². The Kier molecular flexibility index (Phi) is 2.18. The van der Waals surface area contributed by atoms with Crippen LogP contribution in [-0.2, 0) is 6.73 Å². The monoisotopic (exact) mass is 176 g/mol. The van der Waals surface area contributed by atoms with Gasteiger partial charge < -0.3 is 4.74 Å². The van der Waals surface area contributed by atoms with Crippen LogP contribution < -0.4 is 4.74 Å². The number of hydrogen-bond acceptors (Lipinski definition) is 4. The fourth-order valence-electron chi connectivity index (χ4n) is 0.897. The summed E-state index contributed by atoms with van der Waals surface area (Å²) in [5.41, 5.74) is 0. The van der Waals surface area contributed by atoms with Crippen LogP contribution in [0.15, 0.2) is 36.7 Å². The Bertz CT molecular complexity index is 346. The topological polar surface area (TPSA) is 52.8 Å². The molecular formula is C8H8N4O. The fourth-order valence-corrected chi connectivity index (χ4v) is 0.897. The number of nitrogens with zero attached hydrogens (tertiary/aromatic N) is 4. The fraction of sp³-hybridized carbons (Fsp3) is 0.125. The van der Waals surface area contributed by atoms with E-state index in [1.54, 1.807) is 0 Å². The van der Waals surface area contributed by atoms with Crippen LogP contribution in [0.1, 0.15) is 0 Å². The van der Waals surface area contributed by atoms with Gasteiger partial charge in [0.25, 0.3) is 0 Å². The van der Waals surface area contributed by atoms with E-state index in [4.69, 9.17) is 4.74 Å². The molecule has 5 heteroatoms. The molecule has 1 aromatic heterocycles. The molecule has 0 bridgehead atoms. The number of para-hydroxylation sites is 1. The van der Waals surface area contributed by atoms with Crippen LogP contribution in [0.3, 0.4) is 0 Å². The molecule has 1 aromatic carbocycles. The Balaban J connectivity index is 1.94. The van der Waals surface area contributed by atoms with Crippen molar-refractivity contribution >= 4 is 0 Å². The van der Waals surface area contributed by atoms with E-state index in [2.05, 4.69) is 15.4 Å². The second kappa shape index (κ2) is 3.66. The van der Waals surface area contributed by atoms with Gasteiger partial charge >= 0.3 is 0 Å². The Morgan fingerprint density at radius 1 is 1.23 bits per heavy atom. The molecule has 0 saturated carbocycles. The highest BCUT2D eigenvalue weighted by Crippen LogP contribution is 2.07. The number of ether oxygens (including phenoxy) is 1. The molecule has 0 spiro atoms. The maximum absolute atomic E-state index is 5.35. The Morgan fingerprint density at radius 3 is 2.77 bits per heavy atom. The second-order valence-corrected chi connectivity index (χ2v) is 2.39. The Morgan fingerprint density at radius 2 is 2.08 bits per heavy atom. The van der Waals surface area contributed by atoms with Gasteiger partial charge in [0, 0.05) is 0 Å². The first kappa shape index (κ1) is 7.72. The molecule has 0 fully saturated rings. The van der Waals surface area contributed by atoms with Crippen molar-refractivity contribution in [3.05, 3.63) is 36.7 Å². The first-order valence-electron chi connectivity index (χ1n) is 3.84. The summed E-state index contributed by atoms with van der Waals surface area (Å²) < 4.78 is 5.35. The minimum atomic E-state index is 0.282. The molecule has 0 N–H and O–H groups in total. The Labute approximate surface area is 75.0 Å². The van der Waals surface area contributed by atoms with Crippen LogP contribution >= 0.6 is 0 Å². The lowest BCUT2D eigenvalue weighted by Crippen LogP contribution is -2.08. The lowest BCUT2D eigenvalue weighted by atomic mass is 10.3. The quantitative estimate of drug-likeness (QED) is 0.691. The van der Waals surface area contributed by atoms with Gasteiger partial charge in [0.1, 0.15) is 5.75 Å². The summed E-state index contributed by atoms with van der Waals surface area (Å²) in [5, 5.41) is 11.0. The highest BCUT2D eigenvalue weighted by Gasteiger charge is 1.93. The lowest BCUT2D eigenvalue weighted by molar-refractivity contribution is 0.200. The summed E-state index contributed by atoms with van der Waals surface area (Å²) in [5.74, 6) is 0.791. The predicted molar refractivity (Wildman–Crippen MR) is 44.9 cm³/mol. The van der Waals surface area contributed by atoms with Crippen molar-refractivity contribution in [3.8, 4) is 5.75 Å². The minimum absolute atomic E-state index is 0.282. The summed E-state index contributed by atoms with van der Waals surface area (Å²) in [6.07, 6.45) is 1.37. The predicted octanol–water partition coefficient (Wildman–Crippen LogP) is 0.710. The third kappa shape index (κ3) is 2.02. The molecule has 1 heterocycles. The average molecular weight is 176 g/mol. The van der Waals surface area contributed by atoms with Gasteiger partial charge in [-0.15, -0.1) is 15.0 Å². The van der Waals surface area contributed by atoms with E-state index < -0.39 is 0 Å². The Hall–Kier alpha value is -1.91. The molecular weight excluding hydrogens is 168 g/mol. The maximum Gasteiger partial charge on any atom is 0.200 e. The van der Waals surface area contributed by atoms with Crippen molar-refractivity contribution in [1.82, 2.24) is 20.2 Å². The second-order valence-electron chi connectivity index (χ2n) is 2.39. The van der Waals surface area contributed by atoms with Crippen LogP contribution in [0.2, 0.25) is 0 Å².